The first kappa shape index (κ1) is 19.9. The van der Waals surface area contributed by atoms with Crippen molar-refractivity contribution in [3.8, 4) is 5.75 Å². The van der Waals surface area contributed by atoms with Crippen LogP contribution < -0.4 is 9.64 Å². The van der Waals surface area contributed by atoms with Crippen molar-refractivity contribution < 1.29 is 19.4 Å². The summed E-state index contributed by atoms with van der Waals surface area (Å²) in [7, 11) is 1.54. The fraction of sp³-hybridized carbons (Fsp3) is 0.0833. The summed E-state index contributed by atoms with van der Waals surface area (Å²) in [6, 6.07) is 22.3. The molecule has 1 amide bonds. The minimum atomic E-state index is -0.773. The average molecular weight is 464 g/mol. The molecule has 1 aliphatic rings. The molecule has 3 aromatic carbocycles. The zero-order valence-corrected chi connectivity index (χ0v) is 17.7. The summed E-state index contributed by atoms with van der Waals surface area (Å²) < 4.78 is 6.15. The molecule has 0 aromatic heterocycles. The second-order valence-corrected chi connectivity index (χ2v) is 7.70. The maximum absolute atomic E-state index is 13.1. The third kappa shape index (κ3) is 3.50. The van der Waals surface area contributed by atoms with E-state index in [1.165, 1.54) is 12.0 Å². The topological polar surface area (TPSA) is 66.8 Å². The van der Waals surface area contributed by atoms with Crippen molar-refractivity contribution in [2.24, 2.45) is 0 Å². The number of benzene rings is 3. The van der Waals surface area contributed by atoms with Crippen LogP contribution in [0.15, 0.2) is 88.9 Å². The Morgan fingerprint density at radius 3 is 2.33 bits per heavy atom. The maximum atomic E-state index is 13.1. The summed E-state index contributed by atoms with van der Waals surface area (Å²) in [6.07, 6.45) is 0. The Morgan fingerprint density at radius 1 is 0.967 bits per heavy atom. The van der Waals surface area contributed by atoms with Crippen molar-refractivity contribution >= 4 is 39.1 Å². The number of hydrogen-bond acceptors (Lipinski definition) is 4. The summed E-state index contributed by atoms with van der Waals surface area (Å²) in [5.74, 6) is -1.07. The van der Waals surface area contributed by atoms with Crippen LogP contribution in [-0.4, -0.2) is 23.9 Å². The number of hydrogen-bond donors (Lipinski definition) is 1. The lowest BCUT2D eigenvalue weighted by atomic mass is 9.95. The van der Waals surface area contributed by atoms with E-state index in [0.717, 1.165) is 4.47 Å². The zero-order valence-electron chi connectivity index (χ0n) is 16.1. The number of anilines is 1. The van der Waals surface area contributed by atoms with Gasteiger partial charge in [0.1, 0.15) is 11.5 Å². The Bertz CT molecular complexity index is 1140. The number of nitrogens with zero attached hydrogens (tertiary/aromatic N) is 1. The van der Waals surface area contributed by atoms with Crippen LogP contribution in [0.1, 0.15) is 17.2 Å². The number of halogens is 1. The van der Waals surface area contributed by atoms with Gasteiger partial charge in [-0.15, -0.1) is 0 Å². The molecule has 3 aromatic rings. The average Bonchev–Trinajstić information content (AvgIpc) is 3.05. The van der Waals surface area contributed by atoms with Gasteiger partial charge in [0, 0.05) is 21.8 Å². The van der Waals surface area contributed by atoms with Crippen molar-refractivity contribution in [2.45, 2.75) is 6.04 Å². The van der Waals surface area contributed by atoms with Crippen molar-refractivity contribution in [1.29, 1.82) is 0 Å². The SMILES string of the molecule is COc1cccc(N2C(=O)C(=O)C(=C(O)c3ccccc3)[C@@H]2c2ccc(Br)cc2)c1. The Kier molecular flexibility index (Phi) is 5.42. The third-order valence-electron chi connectivity index (χ3n) is 5.01. The van der Waals surface area contributed by atoms with E-state index in [9.17, 15) is 14.7 Å². The smallest absolute Gasteiger partial charge is 0.300 e. The van der Waals surface area contributed by atoms with E-state index >= 15 is 0 Å². The van der Waals surface area contributed by atoms with Gasteiger partial charge in [0.15, 0.2) is 0 Å². The maximum Gasteiger partial charge on any atom is 0.300 e. The number of ether oxygens (including phenoxy) is 1. The van der Waals surface area contributed by atoms with Crippen molar-refractivity contribution in [1.82, 2.24) is 0 Å². The Balaban J connectivity index is 1.94. The van der Waals surface area contributed by atoms with Gasteiger partial charge in [-0.2, -0.15) is 0 Å². The standard InChI is InChI=1S/C24H18BrNO4/c1-30-19-9-5-8-18(14-19)26-21(15-10-12-17(25)13-11-15)20(23(28)24(26)29)22(27)16-6-3-2-4-7-16/h2-14,21,27H,1H3/t21-/m0/s1. The lowest BCUT2D eigenvalue weighted by Crippen LogP contribution is -2.29. The van der Waals surface area contributed by atoms with E-state index in [0.29, 0.717) is 22.6 Å². The molecule has 1 aliphatic heterocycles. The molecule has 30 heavy (non-hydrogen) atoms. The molecule has 0 unspecified atom stereocenters. The van der Waals surface area contributed by atoms with E-state index in [2.05, 4.69) is 15.9 Å². The van der Waals surface area contributed by atoms with Crippen molar-refractivity contribution in [3.05, 3.63) is 100 Å². The van der Waals surface area contributed by atoms with Gasteiger partial charge in [0.25, 0.3) is 11.7 Å². The first-order valence-corrected chi connectivity index (χ1v) is 10.1. The van der Waals surface area contributed by atoms with Gasteiger partial charge in [-0.3, -0.25) is 14.5 Å². The fourth-order valence-electron chi connectivity index (χ4n) is 3.57. The predicted molar refractivity (Wildman–Crippen MR) is 118 cm³/mol. The molecule has 0 saturated carbocycles. The molecule has 0 aliphatic carbocycles. The lowest BCUT2D eigenvalue weighted by molar-refractivity contribution is -0.132. The number of carbonyl (C=O) groups excluding carboxylic acids is 2. The molecule has 6 heteroatoms. The van der Waals surface area contributed by atoms with Gasteiger partial charge in [-0.05, 0) is 29.8 Å². The van der Waals surface area contributed by atoms with E-state index in [-0.39, 0.29) is 11.3 Å². The lowest BCUT2D eigenvalue weighted by Gasteiger charge is -2.25. The Morgan fingerprint density at radius 2 is 1.67 bits per heavy atom. The number of Topliss-reactive ketones (excluding diaryl/α,β-unsaturated/α-hetero) is 1. The third-order valence-corrected chi connectivity index (χ3v) is 5.54. The fourth-order valence-corrected chi connectivity index (χ4v) is 3.84. The highest BCUT2D eigenvalue weighted by Gasteiger charge is 2.47. The van der Waals surface area contributed by atoms with Gasteiger partial charge >= 0.3 is 0 Å². The van der Waals surface area contributed by atoms with Crippen molar-refractivity contribution in [2.75, 3.05) is 12.0 Å². The molecule has 150 valence electrons. The molecule has 1 heterocycles. The summed E-state index contributed by atoms with van der Waals surface area (Å²) in [6.45, 7) is 0. The summed E-state index contributed by atoms with van der Waals surface area (Å²) in [5.41, 5.74) is 1.74. The van der Waals surface area contributed by atoms with E-state index < -0.39 is 17.7 Å². The molecule has 1 fully saturated rings. The van der Waals surface area contributed by atoms with Crippen LogP contribution in [0.3, 0.4) is 0 Å². The van der Waals surface area contributed by atoms with Gasteiger partial charge in [0.2, 0.25) is 0 Å². The van der Waals surface area contributed by atoms with Crippen LogP contribution in [0.5, 0.6) is 5.75 Å². The second kappa shape index (κ2) is 8.16. The largest absolute Gasteiger partial charge is 0.507 e. The Labute approximate surface area is 182 Å². The number of methoxy groups -OCH3 is 1. The van der Waals surface area contributed by atoms with Crippen LogP contribution in [-0.2, 0) is 9.59 Å². The van der Waals surface area contributed by atoms with E-state index in [4.69, 9.17) is 4.74 Å². The van der Waals surface area contributed by atoms with Crippen LogP contribution in [0, 0.1) is 0 Å². The minimum Gasteiger partial charge on any atom is -0.507 e. The molecular formula is C24H18BrNO4. The molecule has 1 N–H and O–H groups in total. The van der Waals surface area contributed by atoms with Gasteiger partial charge in [0.05, 0.1) is 18.7 Å². The normalized spacial score (nSPS) is 17.9. The summed E-state index contributed by atoms with van der Waals surface area (Å²) in [4.78, 5) is 27.5. The molecule has 0 bridgehead atoms. The van der Waals surface area contributed by atoms with Crippen molar-refractivity contribution in [3.63, 3.8) is 0 Å². The summed E-state index contributed by atoms with van der Waals surface area (Å²) in [5, 5.41) is 11.0. The molecule has 4 rings (SSSR count). The number of ketones is 1. The molecule has 0 radical (unpaired) electrons. The number of aliphatic hydroxyl groups is 1. The molecule has 0 spiro atoms. The monoisotopic (exact) mass is 463 g/mol. The highest BCUT2D eigenvalue weighted by atomic mass is 79.9. The van der Waals surface area contributed by atoms with Crippen LogP contribution in [0.4, 0.5) is 5.69 Å². The van der Waals surface area contributed by atoms with Crippen LogP contribution in [0.25, 0.3) is 5.76 Å². The highest BCUT2D eigenvalue weighted by molar-refractivity contribution is 9.10. The quantitative estimate of drug-likeness (QED) is 0.332. The molecule has 5 nitrogen and oxygen atoms in total. The van der Waals surface area contributed by atoms with Crippen LogP contribution >= 0.6 is 15.9 Å². The van der Waals surface area contributed by atoms with Crippen LogP contribution in [0.2, 0.25) is 0 Å². The molecule has 1 atom stereocenters. The minimum absolute atomic E-state index is 0.0522. The van der Waals surface area contributed by atoms with E-state index in [1.54, 1.807) is 48.5 Å². The number of carbonyl (C=O) groups is 2. The second-order valence-electron chi connectivity index (χ2n) is 6.79. The first-order valence-electron chi connectivity index (χ1n) is 9.27. The number of amides is 1. The van der Waals surface area contributed by atoms with Gasteiger partial charge < -0.3 is 9.84 Å². The zero-order chi connectivity index (χ0) is 21.3. The predicted octanol–water partition coefficient (Wildman–Crippen LogP) is 5.08. The Hall–Kier alpha value is -3.38. The summed E-state index contributed by atoms with van der Waals surface area (Å²) >= 11 is 3.41. The van der Waals surface area contributed by atoms with E-state index in [1.807, 2.05) is 30.3 Å². The molecular weight excluding hydrogens is 446 g/mol. The number of aliphatic hydroxyl groups excluding tert-OH is 1. The first-order chi connectivity index (χ1) is 14.5. The number of rotatable bonds is 4. The highest BCUT2D eigenvalue weighted by Crippen LogP contribution is 2.42. The molecule has 1 saturated heterocycles. The van der Waals surface area contributed by atoms with Gasteiger partial charge in [-0.25, -0.2) is 0 Å². The van der Waals surface area contributed by atoms with Gasteiger partial charge in [-0.1, -0.05) is 64.5 Å².